The van der Waals surface area contributed by atoms with Gasteiger partial charge >= 0.3 is 0 Å². The molecule has 0 fully saturated rings. The molecule has 19 heavy (non-hydrogen) atoms. The Morgan fingerprint density at radius 2 is 2.05 bits per heavy atom. The molecule has 96 valence electrons. The molecule has 4 nitrogen and oxygen atoms in total. The number of halogens is 1. The number of fused-ring (bicyclic) bond motifs is 1. The summed E-state index contributed by atoms with van der Waals surface area (Å²) in [6, 6.07) is 11.9. The van der Waals surface area contributed by atoms with Gasteiger partial charge in [0.25, 0.3) is 0 Å². The van der Waals surface area contributed by atoms with Gasteiger partial charge in [-0.3, -0.25) is 0 Å². The zero-order chi connectivity index (χ0) is 13.2. The van der Waals surface area contributed by atoms with Crippen LogP contribution in [0, 0.1) is 0 Å². The zero-order valence-corrected chi connectivity index (χ0v) is 11.0. The fourth-order valence-electron chi connectivity index (χ4n) is 2.06. The summed E-state index contributed by atoms with van der Waals surface area (Å²) in [5, 5.41) is 6.08. The molecule has 0 atom stereocenters. The number of ether oxygens (including phenoxy) is 1. The van der Waals surface area contributed by atoms with E-state index in [1.165, 1.54) is 0 Å². The van der Waals surface area contributed by atoms with Crippen molar-refractivity contribution >= 4 is 22.4 Å². The number of hydrogen-bond acceptors (Lipinski definition) is 4. The van der Waals surface area contributed by atoms with E-state index in [0.29, 0.717) is 17.5 Å². The lowest BCUT2D eigenvalue weighted by molar-refractivity contribution is 0.389. The van der Waals surface area contributed by atoms with Gasteiger partial charge in [0, 0.05) is 0 Å². The Hall–Kier alpha value is -2.07. The van der Waals surface area contributed by atoms with Crippen LogP contribution >= 0.6 is 11.6 Å². The van der Waals surface area contributed by atoms with Crippen LogP contribution in [0.5, 0.6) is 5.75 Å². The summed E-state index contributed by atoms with van der Waals surface area (Å²) in [5.41, 5.74) is 0.820. The van der Waals surface area contributed by atoms with Gasteiger partial charge in [-0.25, -0.2) is 0 Å². The molecule has 2 aromatic carbocycles. The standard InChI is InChI=1S/C14H11ClN2O2/c1-18-11-7-6-9-4-2-3-5-10(9)13(11)14-16-12(8-15)19-17-14/h2-7H,8H2,1H3. The van der Waals surface area contributed by atoms with E-state index in [1.807, 2.05) is 36.4 Å². The Balaban J connectivity index is 2.30. The van der Waals surface area contributed by atoms with E-state index in [9.17, 15) is 0 Å². The average Bonchev–Trinajstić information content (AvgIpc) is 2.94. The summed E-state index contributed by atoms with van der Waals surface area (Å²) in [6.45, 7) is 0. The normalized spacial score (nSPS) is 10.8. The van der Waals surface area contributed by atoms with Gasteiger partial charge in [0.05, 0.1) is 12.7 Å². The molecule has 1 aromatic heterocycles. The Labute approximate surface area is 115 Å². The molecule has 5 heteroatoms. The third-order valence-corrected chi connectivity index (χ3v) is 3.15. The van der Waals surface area contributed by atoms with Crippen molar-refractivity contribution in [2.45, 2.75) is 5.88 Å². The monoisotopic (exact) mass is 274 g/mol. The number of benzene rings is 2. The van der Waals surface area contributed by atoms with E-state index >= 15 is 0 Å². The lowest BCUT2D eigenvalue weighted by Crippen LogP contribution is -1.91. The van der Waals surface area contributed by atoms with Gasteiger partial charge in [-0.05, 0) is 16.8 Å². The third kappa shape index (κ3) is 2.04. The summed E-state index contributed by atoms with van der Waals surface area (Å²) in [4.78, 5) is 4.27. The molecule has 0 aliphatic carbocycles. The molecule has 1 heterocycles. The molecule has 0 saturated carbocycles. The maximum Gasteiger partial charge on any atom is 0.241 e. The van der Waals surface area contributed by atoms with Crippen LogP contribution in [0.3, 0.4) is 0 Å². The van der Waals surface area contributed by atoms with E-state index in [2.05, 4.69) is 10.1 Å². The fraction of sp³-hybridized carbons (Fsp3) is 0.143. The van der Waals surface area contributed by atoms with Crippen molar-refractivity contribution < 1.29 is 9.26 Å². The summed E-state index contributed by atoms with van der Waals surface area (Å²) in [6.07, 6.45) is 0. The average molecular weight is 275 g/mol. The van der Waals surface area contributed by atoms with Crippen LogP contribution in [0.4, 0.5) is 0 Å². The SMILES string of the molecule is COc1ccc2ccccc2c1-c1noc(CCl)n1. The molecule has 0 amide bonds. The van der Waals surface area contributed by atoms with E-state index in [1.54, 1.807) is 7.11 Å². The highest BCUT2D eigenvalue weighted by atomic mass is 35.5. The Bertz CT molecular complexity index is 724. The number of rotatable bonds is 3. The maximum atomic E-state index is 5.69. The lowest BCUT2D eigenvalue weighted by atomic mass is 10.0. The van der Waals surface area contributed by atoms with Gasteiger partial charge in [-0.2, -0.15) is 4.98 Å². The topological polar surface area (TPSA) is 48.2 Å². The van der Waals surface area contributed by atoms with Crippen LogP contribution in [-0.4, -0.2) is 17.3 Å². The highest BCUT2D eigenvalue weighted by Crippen LogP contribution is 2.35. The molecule has 0 N–H and O–H groups in total. The second-order valence-electron chi connectivity index (χ2n) is 4.01. The van der Waals surface area contributed by atoms with Crippen molar-refractivity contribution in [2.24, 2.45) is 0 Å². The van der Waals surface area contributed by atoms with Gasteiger partial charge < -0.3 is 9.26 Å². The molecule has 0 saturated heterocycles. The highest BCUT2D eigenvalue weighted by Gasteiger charge is 2.16. The molecular formula is C14H11ClN2O2. The Morgan fingerprint density at radius 1 is 1.21 bits per heavy atom. The number of nitrogens with zero attached hydrogens (tertiary/aromatic N) is 2. The van der Waals surface area contributed by atoms with Gasteiger partial charge in [0.2, 0.25) is 11.7 Å². The van der Waals surface area contributed by atoms with Crippen molar-refractivity contribution in [1.29, 1.82) is 0 Å². The van der Waals surface area contributed by atoms with Crippen molar-refractivity contribution in [2.75, 3.05) is 7.11 Å². The first-order valence-electron chi connectivity index (χ1n) is 5.78. The van der Waals surface area contributed by atoms with Crippen LogP contribution in [0.1, 0.15) is 5.89 Å². The molecule has 0 aliphatic rings. The Morgan fingerprint density at radius 3 is 2.79 bits per heavy atom. The summed E-state index contributed by atoms with van der Waals surface area (Å²) in [7, 11) is 1.62. The van der Waals surface area contributed by atoms with Crippen molar-refractivity contribution in [1.82, 2.24) is 10.1 Å². The third-order valence-electron chi connectivity index (χ3n) is 2.92. The Kier molecular flexibility index (Phi) is 3.09. The minimum Gasteiger partial charge on any atom is -0.496 e. The van der Waals surface area contributed by atoms with Crippen molar-refractivity contribution in [3.63, 3.8) is 0 Å². The van der Waals surface area contributed by atoms with E-state index in [-0.39, 0.29) is 5.88 Å². The van der Waals surface area contributed by atoms with Crippen LogP contribution in [0.15, 0.2) is 40.9 Å². The highest BCUT2D eigenvalue weighted by molar-refractivity contribution is 6.16. The van der Waals surface area contributed by atoms with Gasteiger partial charge in [0.15, 0.2) is 0 Å². The first kappa shape index (κ1) is 12.0. The van der Waals surface area contributed by atoms with Gasteiger partial charge in [-0.1, -0.05) is 35.5 Å². The summed E-state index contributed by atoms with van der Waals surface area (Å²) in [5.74, 6) is 1.79. The minimum atomic E-state index is 0.195. The number of methoxy groups -OCH3 is 1. The van der Waals surface area contributed by atoms with E-state index in [0.717, 1.165) is 16.3 Å². The largest absolute Gasteiger partial charge is 0.496 e. The first-order chi connectivity index (χ1) is 9.33. The fourth-order valence-corrected chi connectivity index (χ4v) is 2.17. The molecule has 0 radical (unpaired) electrons. The second-order valence-corrected chi connectivity index (χ2v) is 4.28. The van der Waals surface area contributed by atoms with E-state index in [4.69, 9.17) is 20.9 Å². The molecule has 0 bridgehead atoms. The first-order valence-corrected chi connectivity index (χ1v) is 6.31. The molecular weight excluding hydrogens is 264 g/mol. The molecule has 0 spiro atoms. The predicted molar refractivity (Wildman–Crippen MR) is 73.3 cm³/mol. The molecule has 0 unspecified atom stereocenters. The number of alkyl halides is 1. The number of aromatic nitrogens is 2. The zero-order valence-electron chi connectivity index (χ0n) is 10.3. The quantitative estimate of drug-likeness (QED) is 0.684. The molecule has 0 aliphatic heterocycles. The summed E-state index contributed by atoms with van der Waals surface area (Å²) >= 11 is 5.69. The lowest BCUT2D eigenvalue weighted by Gasteiger charge is -2.08. The van der Waals surface area contributed by atoms with Crippen LogP contribution in [0.25, 0.3) is 22.2 Å². The van der Waals surface area contributed by atoms with Crippen molar-refractivity contribution in [3.8, 4) is 17.1 Å². The van der Waals surface area contributed by atoms with Crippen molar-refractivity contribution in [3.05, 3.63) is 42.3 Å². The minimum absolute atomic E-state index is 0.195. The van der Waals surface area contributed by atoms with Gasteiger partial charge in [-0.15, -0.1) is 11.6 Å². The van der Waals surface area contributed by atoms with Crippen LogP contribution < -0.4 is 4.74 Å². The van der Waals surface area contributed by atoms with Crippen LogP contribution in [-0.2, 0) is 5.88 Å². The number of hydrogen-bond donors (Lipinski definition) is 0. The van der Waals surface area contributed by atoms with E-state index < -0.39 is 0 Å². The smallest absolute Gasteiger partial charge is 0.241 e. The molecule has 3 aromatic rings. The molecule has 3 rings (SSSR count). The maximum absolute atomic E-state index is 5.69. The summed E-state index contributed by atoms with van der Waals surface area (Å²) < 4.78 is 10.5. The second kappa shape index (κ2) is 4.90. The van der Waals surface area contributed by atoms with Gasteiger partial charge in [0.1, 0.15) is 11.6 Å². The predicted octanol–water partition coefficient (Wildman–Crippen LogP) is 3.64. The van der Waals surface area contributed by atoms with Crippen LogP contribution in [0.2, 0.25) is 0 Å².